The molecular weight excluding hydrogens is 236 g/mol. The van der Waals surface area contributed by atoms with Crippen LogP contribution in [0.25, 0.3) is 0 Å². The Morgan fingerprint density at radius 1 is 1.47 bits per heavy atom. The lowest BCUT2D eigenvalue weighted by Gasteiger charge is -2.21. The van der Waals surface area contributed by atoms with Crippen molar-refractivity contribution in [1.82, 2.24) is 15.5 Å². The molecule has 0 unspecified atom stereocenters. The Balaban J connectivity index is 1.62. The zero-order valence-corrected chi connectivity index (χ0v) is 10.7. The summed E-state index contributed by atoms with van der Waals surface area (Å²) in [5, 5.41) is 8.35. The third-order valence-electron chi connectivity index (χ3n) is 3.35. The van der Waals surface area contributed by atoms with Gasteiger partial charge in [-0.25, -0.2) is 0 Å². The highest BCUT2D eigenvalue weighted by Crippen LogP contribution is 2.37. The Kier molecular flexibility index (Phi) is 2.82. The lowest BCUT2D eigenvalue weighted by atomic mass is 10.0. The number of nitrogens with zero attached hydrogens (tertiary/aromatic N) is 3. The van der Waals surface area contributed by atoms with Crippen LogP contribution in [-0.2, 0) is 6.54 Å². The fourth-order valence-corrected chi connectivity index (χ4v) is 3.67. The third-order valence-corrected chi connectivity index (χ3v) is 4.55. The topological polar surface area (TPSA) is 63.3 Å². The molecule has 1 spiro atoms. The maximum absolute atomic E-state index is 5.04. The molecule has 6 heteroatoms. The highest BCUT2D eigenvalue weighted by atomic mass is 32.2. The van der Waals surface area contributed by atoms with Crippen molar-refractivity contribution >= 4 is 16.9 Å². The molecule has 0 amide bonds. The summed E-state index contributed by atoms with van der Waals surface area (Å²) in [4.78, 5) is 8.64. The normalized spacial score (nSPS) is 24.6. The molecule has 5 nitrogen and oxygen atoms in total. The van der Waals surface area contributed by atoms with Crippen LogP contribution < -0.4 is 5.32 Å². The van der Waals surface area contributed by atoms with Crippen LogP contribution in [0.1, 0.15) is 37.4 Å². The number of aryl methyl sites for hydroxylation is 1. The van der Waals surface area contributed by atoms with Gasteiger partial charge in [-0.1, -0.05) is 29.8 Å². The van der Waals surface area contributed by atoms with Gasteiger partial charge in [0.05, 0.1) is 0 Å². The molecule has 1 N–H and O–H groups in total. The van der Waals surface area contributed by atoms with E-state index in [9.17, 15) is 0 Å². The number of aliphatic imine (C=N–C) groups is 1. The minimum absolute atomic E-state index is 0.328. The quantitative estimate of drug-likeness (QED) is 0.870. The Hall–Kier alpha value is -1.04. The highest BCUT2D eigenvalue weighted by Gasteiger charge is 2.39. The summed E-state index contributed by atoms with van der Waals surface area (Å²) < 4.78 is 5.04. The molecule has 3 rings (SSSR count). The second-order valence-electron chi connectivity index (χ2n) is 4.76. The maximum atomic E-state index is 5.04. The number of amidine groups is 1. The van der Waals surface area contributed by atoms with Crippen LogP contribution in [0.15, 0.2) is 9.52 Å². The van der Waals surface area contributed by atoms with Crippen molar-refractivity contribution in [3.63, 3.8) is 0 Å². The van der Waals surface area contributed by atoms with Gasteiger partial charge in [-0.05, 0) is 19.8 Å². The summed E-state index contributed by atoms with van der Waals surface area (Å²) in [6.45, 7) is 2.29. The molecule has 1 saturated heterocycles. The summed E-state index contributed by atoms with van der Waals surface area (Å²) in [5.74, 6) is 2.40. The Morgan fingerprint density at radius 3 is 3.00 bits per heavy atom. The minimum atomic E-state index is 0.328. The van der Waals surface area contributed by atoms with Crippen LogP contribution in [-0.4, -0.2) is 26.6 Å². The molecule has 0 radical (unpaired) electrons. The second-order valence-corrected chi connectivity index (χ2v) is 5.72. The largest absolute Gasteiger partial charge is 0.359 e. The minimum Gasteiger partial charge on any atom is -0.359 e. The fraction of sp³-hybridized carbons (Fsp3) is 0.727. The van der Waals surface area contributed by atoms with E-state index < -0.39 is 0 Å². The number of rotatable bonds is 2. The summed E-state index contributed by atoms with van der Waals surface area (Å²) in [5.41, 5.74) is 0.328. The van der Waals surface area contributed by atoms with Gasteiger partial charge in [0.2, 0.25) is 5.89 Å². The van der Waals surface area contributed by atoms with E-state index in [0.717, 1.165) is 10.9 Å². The van der Waals surface area contributed by atoms with Crippen molar-refractivity contribution in [2.24, 2.45) is 4.99 Å². The van der Waals surface area contributed by atoms with E-state index >= 15 is 0 Å². The highest BCUT2D eigenvalue weighted by molar-refractivity contribution is 8.14. The molecule has 17 heavy (non-hydrogen) atoms. The smallest absolute Gasteiger partial charge is 0.248 e. The van der Waals surface area contributed by atoms with Crippen LogP contribution in [0.3, 0.4) is 0 Å². The first kappa shape index (κ1) is 11.1. The molecule has 1 aromatic heterocycles. The molecule has 1 aliphatic heterocycles. The number of nitrogens with one attached hydrogen (secondary N) is 1. The maximum Gasteiger partial charge on any atom is 0.248 e. The molecule has 0 aromatic carbocycles. The van der Waals surface area contributed by atoms with Crippen molar-refractivity contribution in [2.75, 3.05) is 5.75 Å². The van der Waals surface area contributed by atoms with Gasteiger partial charge in [0.15, 0.2) is 11.0 Å². The standard InChI is InChI=1S/C11H16N4OS/c1-8-13-9(16-15-8)6-12-10-14-11(7-17-10)4-2-3-5-11/h2-7H2,1H3,(H,12,14). The number of hydrogen-bond acceptors (Lipinski definition) is 5. The lowest BCUT2D eigenvalue weighted by Crippen LogP contribution is -2.40. The van der Waals surface area contributed by atoms with Crippen LogP contribution in [0, 0.1) is 6.92 Å². The Morgan fingerprint density at radius 2 is 2.29 bits per heavy atom. The van der Waals surface area contributed by atoms with Crippen LogP contribution in [0.2, 0.25) is 0 Å². The Bertz CT molecular complexity index is 436. The van der Waals surface area contributed by atoms with Gasteiger partial charge in [0.25, 0.3) is 0 Å². The summed E-state index contributed by atoms with van der Waals surface area (Å²) in [7, 11) is 0. The molecule has 1 aliphatic carbocycles. The van der Waals surface area contributed by atoms with E-state index in [1.165, 1.54) is 25.7 Å². The van der Waals surface area contributed by atoms with Crippen molar-refractivity contribution in [1.29, 1.82) is 0 Å². The summed E-state index contributed by atoms with van der Waals surface area (Å²) in [6.07, 6.45) is 5.23. The van der Waals surface area contributed by atoms with Crippen molar-refractivity contribution in [3.8, 4) is 0 Å². The average Bonchev–Trinajstić information content (AvgIpc) is 3.01. The van der Waals surface area contributed by atoms with Gasteiger partial charge >= 0.3 is 0 Å². The lowest BCUT2D eigenvalue weighted by molar-refractivity contribution is 0.376. The Labute approximate surface area is 104 Å². The molecule has 2 heterocycles. The summed E-state index contributed by atoms with van der Waals surface area (Å²) in [6, 6.07) is 0. The molecule has 1 aromatic rings. The zero-order valence-electron chi connectivity index (χ0n) is 9.90. The molecule has 2 aliphatic rings. The van der Waals surface area contributed by atoms with E-state index in [-0.39, 0.29) is 0 Å². The van der Waals surface area contributed by atoms with Gasteiger partial charge in [-0.3, -0.25) is 4.99 Å². The predicted molar refractivity (Wildman–Crippen MR) is 67.0 cm³/mol. The van der Waals surface area contributed by atoms with E-state index in [0.29, 0.717) is 23.8 Å². The number of aromatic nitrogens is 2. The van der Waals surface area contributed by atoms with Crippen molar-refractivity contribution in [3.05, 3.63) is 11.7 Å². The van der Waals surface area contributed by atoms with Crippen LogP contribution in [0.4, 0.5) is 0 Å². The van der Waals surface area contributed by atoms with E-state index in [2.05, 4.69) is 20.4 Å². The first-order valence-electron chi connectivity index (χ1n) is 6.00. The van der Waals surface area contributed by atoms with Gasteiger partial charge in [-0.15, -0.1) is 0 Å². The van der Waals surface area contributed by atoms with Gasteiger partial charge in [0, 0.05) is 11.3 Å². The van der Waals surface area contributed by atoms with E-state index in [1.807, 2.05) is 18.7 Å². The second kappa shape index (κ2) is 4.33. The molecule has 2 fully saturated rings. The van der Waals surface area contributed by atoms with Crippen LogP contribution >= 0.6 is 11.8 Å². The molecule has 0 atom stereocenters. The first-order valence-corrected chi connectivity index (χ1v) is 6.99. The van der Waals surface area contributed by atoms with E-state index in [4.69, 9.17) is 4.52 Å². The third kappa shape index (κ3) is 2.31. The van der Waals surface area contributed by atoms with E-state index in [1.54, 1.807) is 0 Å². The molecular formula is C11H16N4OS. The first-order chi connectivity index (χ1) is 8.26. The monoisotopic (exact) mass is 252 g/mol. The molecule has 1 saturated carbocycles. The summed E-state index contributed by atoms with van der Waals surface area (Å²) >= 11 is 1.81. The fourth-order valence-electron chi connectivity index (χ4n) is 2.46. The van der Waals surface area contributed by atoms with Gasteiger partial charge < -0.3 is 9.84 Å². The average molecular weight is 252 g/mol. The van der Waals surface area contributed by atoms with Crippen LogP contribution in [0.5, 0.6) is 0 Å². The SMILES string of the molecule is Cc1noc(CN=C2NC3(CCCC3)CS2)n1. The van der Waals surface area contributed by atoms with Gasteiger partial charge in [-0.2, -0.15) is 4.98 Å². The number of hydrogen-bond donors (Lipinski definition) is 1. The molecule has 0 bridgehead atoms. The van der Waals surface area contributed by atoms with Gasteiger partial charge in [0.1, 0.15) is 6.54 Å². The predicted octanol–water partition coefficient (Wildman–Crippen LogP) is 1.88. The van der Waals surface area contributed by atoms with Crippen molar-refractivity contribution < 1.29 is 4.52 Å². The zero-order chi connectivity index (χ0) is 11.7. The number of thioether (sulfide) groups is 1. The van der Waals surface area contributed by atoms with Crippen molar-refractivity contribution in [2.45, 2.75) is 44.7 Å². The molecule has 92 valence electrons.